The van der Waals surface area contributed by atoms with E-state index in [4.69, 9.17) is 5.11 Å². The van der Waals surface area contributed by atoms with E-state index in [0.717, 1.165) is 30.8 Å². The molecule has 1 rings (SSSR count). The summed E-state index contributed by atoms with van der Waals surface area (Å²) in [5.74, 6) is 0.276. The number of thioether (sulfide) groups is 1. The average Bonchev–Trinajstić information content (AvgIpc) is 2.23. The molecule has 4 heteroatoms. The first-order chi connectivity index (χ1) is 7.24. The highest BCUT2D eigenvalue weighted by Crippen LogP contribution is 2.19. The molecule has 0 aliphatic heterocycles. The molecule has 0 spiro atoms. The molecule has 84 valence electrons. The predicted octanol–water partition coefficient (Wildman–Crippen LogP) is 3.09. The molecule has 15 heavy (non-hydrogen) atoms. The molecule has 1 aromatic carbocycles. The molecular weight excluding hydrogens is 213 g/mol. The van der Waals surface area contributed by atoms with Crippen LogP contribution in [0.4, 0.5) is 10.1 Å². The van der Waals surface area contributed by atoms with Crippen molar-refractivity contribution in [3.8, 4) is 5.75 Å². The van der Waals surface area contributed by atoms with Crippen LogP contribution in [0.15, 0.2) is 18.2 Å². The Labute approximate surface area is 93.9 Å². The van der Waals surface area contributed by atoms with Gasteiger partial charge in [-0.15, -0.1) is 0 Å². The van der Waals surface area contributed by atoms with Crippen molar-refractivity contribution in [1.29, 1.82) is 0 Å². The molecule has 0 saturated carbocycles. The third-order valence-electron chi connectivity index (χ3n) is 2.05. The van der Waals surface area contributed by atoms with E-state index in [-0.39, 0.29) is 5.75 Å². The van der Waals surface area contributed by atoms with Gasteiger partial charge in [-0.25, -0.2) is 4.39 Å². The molecule has 0 aliphatic carbocycles. The fourth-order valence-corrected chi connectivity index (χ4v) is 1.71. The summed E-state index contributed by atoms with van der Waals surface area (Å²) in [6, 6.07) is 4.34. The second kappa shape index (κ2) is 6.56. The number of nitrogens with one attached hydrogen (secondary N) is 1. The fourth-order valence-electron chi connectivity index (χ4n) is 1.22. The van der Waals surface area contributed by atoms with Gasteiger partial charge in [0.15, 0.2) is 11.6 Å². The van der Waals surface area contributed by atoms with E-state index < -0.39 is 5.82 Å². The minimum Gasteiger partial charge on any atom is -0.505 e. The maximum Gasteiger partial charge on any atom is 0.166 e. The summed E-state index contributed by atoms with van der Waals surface area (Å²) >= 11 is 1.83. The van der Waals surface area contributed by atoms with Gasteiger partial charge in [0.2, 0.25) is 0 Å². The van der Waals surface area contributed by atoms with Crippen molar-refractivity contribution in [3.05, 3.63) is 24.0 Å². The Hall–Kier alpha value is -0.900. The summed E-state index contributed by atoms with van der Waals surface area (Å²) in [5, 5.41) is 12.1. The standard InChI is InChI=1S/C11H16FNOS/c1-15-7-3-2-6-13-9-4-5-11(14)10(12)8-9/h4-5,8,13-14H,2-3,6-7H2,1H3. The van der Waals surface area contributed by atoms with Crippen LogP contribution in [0.25, 0.3) is 0 Å². The van der Waals surface area contributed by atoms with Crippen molar-refractivity contribution in [2.24, 2.45) is 0 Å². The highest BCUT2D eigenvalue weighted by atomic mass is 32.2. The zero-order chi connectivity index (χ0) is 11.1. The zero-order valence-electron chi connectivity index (χ0n) is 8.79. The third kappa shape index (κ3) is 4.42. The number of unbranched alkanes of at least 4 members (excludes halogenated alkanes) is 1. The first-order valence-electron chi connectivity index (χ1n) is 4.95. The van der Waals surface area contributed by atoms with Crippen LogP contribution in [0.3, 0.4) is 0 Å². The molecule has 0 aromatic heterocycles. The lowest BCUT2D eigenvalue weighted by Crippen LogP contribution is -2.02. The highest BCUT2D eigenvalue weighted by Gasteiger charge is 2.00. The Balaban J connectivity index is 2.28. The number of phenols is 1. The van der Waals surface area contributed by atoms with E-state index in [0.29, 0.717) is 0 Å². The van der Waals surface area contributed by atoms with Gasteiger partial charge in [-0.3, -0.25) is 0 Å². The van der Waals surface area contributed by atoms with Gasteiger partial charge in [-0.05, 0) is 37.0 Å². The van der Waals surface area contributed by atoms with Crippen molar-refractivity contribution in [2.45, 2.75) is 12.8 Å². The van der Waals surface area contributed by atoms with Crippen LogP contribution in [0.1, 0.15) is 12.8 Å². The van der Waals surface area contributed by atoms with Crippen LogP contribution in [-0.4, -0.2) is 23.7 Å². The molecule has 0 heterocycles. The Kier molecular flexibility index (Phi) is 5.32. The number of anilines is 1. The monoisotopic (exact) mass is 229 g/mol. The van der Waals surface area contributed by atoms with Gasteiger partial charge in [-0.1, -0.05) is 0 Å². The molecular formula is C11H16FNOS. The van der Waals surface area contributed by atoms with Gasteiger partial charge in [0.05, 0.1) is 0 Å². The van der Waals surface area contributed by atoms with E-state index in [1.165, 1.54) is 12.1 Å². The number of aromatic hydroxyl groups is 1. The number of phenolic OH excluding ortho intramolecular Hbond substituents is 1. The first-order valence-corrected chi connectivity index (χ1v) is 6.34. The molecule has 2 nitrogen and oxygen atoms in total. The second-order valence-corrected chi connectivity index (χ2v) is 4.28. The van der Waals surface area contributed by atoms with E-state index in [2.05, 4.69) is 11.6 Å². The molecule has 0 radical (unpaired) electrons. The largest absolute Gasteiger partial charge is 0.505 e. The minimum atomic E-state index is -0.580. The number of rotatable bonds is 6. The van der Waals surface area contributed by atoms with Crippen LogP contribution in [0, 0.1) is 5.82 Å². The van der Waals surface area contributed by atoms with Crippen molar-refractivity contribution in [2.75, 3.05) is 23.9 Å². The van der Waals surface area contributed by atoms with Crippen LogP contribution >= 0.6 is 11.8 Å². The molecule has 0 atom stereocenters. The van der Waals surface area contributed by atoms with Crippen molar-refractivity contribution < 1.29 is 9.50 Å². The summed E-state index contributed by atoms with van der Waals surface area (Å²) in [5.41, 5.74) is 0.717. The Morgan fingerprint density at radius 1 is 1.40 bits per heavy atom. The maximum atomic E-state index is 12.9. The van der Waals surface area contributed by atoms with E-state index in [9.17, 15) is 4.39 Å². The maximum absolute atomic E-state index is 12.9. The van der Waals surface area contributed by atoms with Gasteiger partial charge in [0, 0.05) is 18.3 Å². The Bertz CT molecular complexity index is 307. The molecule has 0 unspecified atom stereocenters. The minimum absolute atomic E-state index is 0.303. The summed E-state index contributed by atoms with van der Waals surface area (Å²) in [6.07, 6.45) is 4.32. The lowest BCUT2D eigenvalue weighted by molar-refractivity contribution is 0.432. The van der Waals surface area contributed by atoms with Crippen molar-refractivity contribution in [3.63, 3.8) is 0 Å². The normalized spacial score (nSPS) is 10.3. The quantitative estimate of drug-likeness (QED) is 0.581. The van der Waals surface area contributed by atoms with Crippen molar-refractivity contribution >= 4 is 17.4 Å². The van der Waals surface area contributed by atoms with Crippen LogP contribution in [0.2, 0.25) is 0 Å². The lowest BCUT2D eigenvalue weighted by Gasteiger charge is -2.06. The third-order valence-corrected chi connectivity index (χ3v) is 2.75. The van der Waals surface area contributed by atoms with E-state index >= 15 is 0 Å². The smallest absolute Gasteiger partial charge is 0.166 e. The second-order valence-electron chi connectivity index (χ2n) is 3.29. The summed E-state index contributed by atoms with van der Waals surface area (Å²) in [7, 11) is 0. The fraction of sp³-hybridized carbons (Fsp3) is 0.455. The van der Waals surface area contributed by atoms with Crippen molar-refractivity contribution in [1.82, 2.24) is 0 Å². The number of halogens is 1. The molecule has 0 fully saturated rings. The topological polar surface area (TPSA) is 32.3 Å². The highest BCUT2D eigenvalue weighted by molar-refractivity contribution is 7.98. The summed E-state index contributed by atoms with van der Waals surface area (Å²) in [4.78, 5) is 0. The van der Waals surface area contributed by atoms with Gasteiger partial charge in [0.25, 0.3) is 0 Å². The van der Waals surface area contributed by atoms with Gasteiger partial charge < -0.3 is 10.4 Å². The molecule has 1 aromatic rings. The molecule has 0 amide bonds. The summed E-state index contributed by atoms with van der Waals surface area (Å²) < 4.78 is 12.9. The number of hydrogen-bond donors (Lipinski definition) is 2. The van der Waals surface area contributed by atoms with Crippen LogP contribution < -0.4 is 5.32 Å². The van der Waals surface area contributed by atoms with Gasteiger partial charge in [0.1, 0.15) is 0 Å². The van der Waals surface area contributed by atoms with E-state index in [1.54, 1.807) is 6.07 Å². The first kappa shape index (κ1) is 12.2. The lowest BCUT2D eigenvalue weighted by atomic mass is 10.2. The SMILES string of the molecule is CSCCCCNc1ccc(O)c(F)c1. The van der Waals surface area contributed by atoms with E-state index in [1.807, 2.05) is 11.8 Å². The van der Waals surface area contributed by atoms with Gasteiger partial charge >= 0.3 is 0 Å². The van der Waals surface area contributed by atoms with Crippen LogP contribution in [-0.2, 0) is 0 Å². The average molecular weight is 229 g/mol. The van der Waals surface area contributed by atoms with Gasteiger partial charge in [-0.2, -0.15) is 11.8 Å². The summed E-state index contributed by atoms with van der Waals surface area (Å²) in [6.45, 7) is 0.838. The number of hydrogen-bond acceptors (Lipinski definition) is 3. The molecule has 0 aliphatic rings. The Morgan fingerprint density at radius 3 is 2.87 bits per heavy atom. The molecule has 2 N–H and O–H groups in total. The predicted molar refractivity (Wildman–Crippen MR) is 64.2 cm³/mol. The molecule has 0 bridgehead atoms. The van der Waals surface area contributed by atoms with Crippen LogP contribution in [0.5, 0.6) is 5.75 Å². The molecule has 0 saturated heterocycles. The zero-order valence-corrected chi connectivity index (χ0v) is 9.61. The number of benzene rings is 1. The Morgan fingerprint density at radius 2 is 2.20 bits per heavy atom.